The summed E-state index contributed by atoms with van der Waals surface area (Å²) in [6, 6.07) is 65.2. The highest BCUT2D eigenvalue weighted by Gasteiger charge is 2.52. The van der Waals surface area contributed by atoms with Crippen LogP contribution in [-0.2, 0) is 21.7 Å². The number of hydrogen-bond acceptors (Lipinski definition) is 1. The molecule has 8 aromatic rings. The summed E-state index contributed by atoms with van der Waals surface area (Å²) in [6.45, 7) is 18.8. The van der Waals surface area contributed by atoms with Gasteiger partial charge in [0, 0.05) is 23.7 Å². The van der Waals surface area contributed by atoms with Crippen molar-refractivity contribution in [2.75, 3.05) is 4.90 Å². The number of anilines is 3. The van der Waals surface area contributed by atoms with Gasteiger partial charge in [0.15, 0.2) is 0 Å². The summed E-state index contributed by atoms with van der Waals surface area (Å²) in [4.78, 5) is 2.54. The normalized spacial score (nSPS) is 16.8. The van der Waals surface area contributed by atoms with Crippen LogP contribution in [0.15, 0.2) is 170 Å². The Morgan fingerprint density at radius 3 is 1.44 bits per heavy atom. The van der Waals surface area contributed by atoms with Crippen molar-refractivity contribution in [1.82, 2.24) is 0 Å². The Bertz CT molecular complexity index is 3260. The van der Waals surface area contributed by atoms with Crippen molar-refractivity contribution >= 4 is 17.1 Å². The van der Waals surface area contributed by atoms with Crippen LogP contribution >= 0.6 is 0 Å². The van der Waals surface area contributed by atoms with Crippen LogP contribution in [0.3, 0.4) is 0 Å². The second kappa shape index (κ2) is 14.5. The molecule has 0 unspecified atom stereocenters. The van der Waals surface area contributed by atoms with Crippen molar-refractivity contribution in [3.63, 3.8) is 0 Å². The summed E-state index contributed by atoms with van der Waals surface area (Å²) < 4.78 is 9.86. The van der Waals surface area contributed by atoms with Crippen molar-refractivity contribution in [3.05, 3.63) is 220 Å². The standard InChI is InChI=1S/C65H61N/c1-62(2,3)42-29-33-51-52-34-30-43(63(4,5)6)38-59(52)65(58(51)37-42)56-27-17-14-24-49(56)53-36-32-45(40-60(53)65)66(44-31-35-50-48-23-13-16-26-55(48)64(7,8)57(50)39-44)61-28-18-15-25-54(61)47-22-12-11-21-46(47)41-19-9-10-20-41/h11-18,21-41H,9-10,19-20H2,1-8H3/i41D. The monoisotopic (exact) mass is 856 g/mol. The first-order valence-electron chi connectivity index (χ1n) is 24.9. The summed E-state index contributed by atoms with van der Waals surface area (Å²) >= 11 is 0. The molecule has 1 saturated carbocycles. The molecule has 8 aromatic carbocycles. The zero-order valence-corrected chi connectivity index (χ0v) is 39.9. The first-order valence-corrected chi connectivity index (χ1v) is 24.4. The fourth-order valence-electron chi connectivity index (χ4n) is 12.5. The Morgan fingerprint density at radius 1 is 0.424 bits per heavy atom. The zero-order valence-electron chi connectivity index (χ0n) is 40.9. The zero-order chi connectivity index (χ0) is 46.3. The lowest BCUT2D eigenvalue weighted by atomic mass is 9.68. The first-order chi connectivity index (χ1) is 32.1. The van der Waals surface area contributed by atoms with E-state index in [2.05, 4.69) is 230 Å². The summed E-state index contributed by atoms with van der Waals surface area (Å²) in [5.41, 5.74) is 24.8. The molecule has 4 aliphatic rings. The molecular formula is C65H61N. The van der Waals surface area contributed by atoms with E-state index in [0.29, 0.717) is 0 Å². The molecule has 0 heterocycles. The number of hydrogen-bond donors (Lipinski definition) is 0. The molecule has 326 valence electrons. The van der Waals surface area contributed by atoms with Crippen molar-refractivity contribution in [3.8, 4) is 44.5 Å². The molecule has 1 fully saturated rings. The van der Waals surface area contributed by atoms with E-state index in [1.54, 1.807) is 0 Å². The molecule has 0 N–H and O–H groups in total. The summed E-state index contributed by atoms with van der Waals surface area (Å²) in [6.07, 6.45) is 3.97. The third kappa shape index (κ3) is 5.91. The van der Waals surface area contributed by atoms with Gasteiger partial charge in [0.1, 0.15) is 0 Å². The van der Waals surface area contributed by atoms with E-state index in [1.807, 2.05) is 0 Å². The second-order valence-corrected chi connectivity index (χ2v) is 22.2. The average molecular weight is 857 g/mol. The summed E-state index contributed by atoms with van der Waals surface area (Å²) in [7, 11) is 0. The molecule has 0 aromatic heterocycles. The Kier molecular flexibility index (Phi) is 8.78. The Hall–Kier alpha value is -6.44. The molecule has 0 amide bonds. The second-order valence-electron chi connectivity index (χ2n) is 22.2. The van der Waals surface area contributed by atoms with Crippen molar-refractivity contribution in [2.45, 2.75) is 109 Å². The van der Waals surface area contributed by atoms with E-state index in [1.165, 1.54) is 77.9 Å². The minimum atomic E-state index is -0.606. The molecule has 1 nitrogen and oxygen atoms in total. The Labute approximate surface area is 394 Å². The van der Waals surface area contributed by atoms with Crippen LogP contribution in [-0.4, -0.2) is 0 Å². The van der Waals surface area contributed by atoms with Crippen molar-refractivity contribution in [1.29, 1.82) is 0 Å². The van der Waals surface area contributed by atoms with Gasteiger partial charge in [-0.05, 0) is 149 Å². The van der Waals surface area contributed by atoms with Crippen molar-refractivity contribution in [2.24, 2.45) is 0 Å². The van der Waals surface area contributed by atoms with Gasteiger partial charge in [0.05, 0.1) is 11.1 Å². The number of para-hydroxylation sites is 1. The lowest BCUT2D eigenvalue weighted by Gasteiger charge is -2.34. The van der Waals surface area contributed by atoms with Crippen LogP contribution in [0.5, 0.6) is 0 Å². The van der Waals surface area contributed by atoms with Gasteiger partial charge in [-0.25, -0.2) is 0 Å². The van der Waals surface area contributed by atoms with Crippen LogP contribution in [0.25, 0.3) is 44.5 Å². The number of rotatable bonds is 5. The van der Waals surface area contributed by atoms with E-state index in [4.69, 9.17) is 0 Å². The quantitative estimate of drug-likeness (QED) is 0.167. The highest BCUT2D eigenvalue weighted by molar-refractivity contribution is 5.98. The SMILES string of the molecule is [2H]C1(c2ccccc2-c2ccccc2N(c2ccc3c(c2)C(C)(C)c2ccccc2-3)c2ccc3c(c2)C2(c4ccccc4-3)c3cc(C(C)(C)C)ccc3-c3ccc(C(C)(C)C)cc32)CCCC1. The predicted octanol–water partition coefficient (Wildman–Crippen LogP) is 17.7. The molecule has 0 bridgehead atoms. The summed E-state index contributed by atoms with van der Waals surface area (Å²) in [5, 5.41) is 0. The number of benzene rings is 8. The molecule has 0 aliphatic heterocycles. The maximum absolute atomic E-state index is 9.86. The first kappa shape index (κ1) is 39.9. The molecule has 66 heavy (non-hydrogen) atoms. The van der Waals surface area contributed by atoms with Gasteiger partial charge < -0.3 is 4.90 Å². The fourth-order valence-corrected chi connectivity index (χ4v) is 12.5. The molecule has 1 spiro atoms. The maximum atomic E-state index is 9.86. The van der Waals surface area contributed by atoms with Gasteiger partial charge in [-0.15, -0.1) is 0 Å². The van der Waals surface area contributed by atoms with E-state index in [-0.39, 0.29) is 16.2 Å². The van der Waals surface area contributed by atoms with Gasteiger partial charge >= 0.3 is 0 Å². The lowest BCUT2D eigenvalue weighted by molar-refractivity contribution is 0.586. The fraction of sp³-hybridized carbons (Fsp3) is 0.262. The molecule has 4 aliphatic carbocycles. The minimum absolute atomic E-state index is 0.0295. The van der Waals surface area contributed by atoms with Crippen LogP contribution in [0.2, 0.25) is 0 Å². The van der Waals surface area contributed by atoms with E-state index in [9.17, 15) is 1.37 Å². The Morgan fingerprint density at radius 2 is 0.848 bits per heavy atom. The van der Waals surface area contributed by atoms with Gasteiger partial charge in [0.25, 0.3) is 0 Å². The van der Waals surface area contributed by atoms with Gasteiger partial charge in [0.2, 0.25) is 0 Å². The molecule has 1 heteroatoms. The molecule has 12 rings (SSSR count). The van der Waals surface area contributed by atoms with Crippen LogP contribution in [0.4, 0.5) is 17.1 Å². The highest BCUT2D eigenvalue weighted by Crippen LogP contribution is 2.64. The summed E-state index contributed by atoms with van der Waals surface area (Å²) in [5.74, 6) is -0.606. The van der Waals surface area contributed by atoms with E-state index < -0.39 is 11.3 Å². The predicted molar refractivity (Wildman–Crippen MR) is 279 cm³/mol. The smallest absolute Gasteiger partial charge is 0.0726 e. The molecule has 0 atom stereocenters. The van der Waals surface area contributed by atoms with Crippen LogP contribution in [0.1, 0.15) is 138 Å². The van der Waals surface area contributed by atoms with E-state index >= 15 is 0 Å². The van der Waals surface area contributed by atoms with Gasteiger partial charge in [-0.1, -0.05) is 208 Å². The molecule has 0 saturated heterocycles. The van der Waals surface area contributed by atoms with Gasteiger partial charge in [-0.2, -0.15) is 0 Å². The third-order valence-electron chi connectivity index (χ3n) is 15.9. The largest absolute Gasteiger partial charge is 0.310 e. The maximum Gasteiger partial charge on any atom is 0.0726 e. The van der Waals surface area contributed by atoms with E-state index in [0.717, 1.165) is 59.4 Å². The third-order valence-corrected chi connectivity index (χ3v) is 15.9. The molecular weight excluding hydrogens is 795 g/mol. The van der Waals surface area contributed by atoms with Crippen LogP contribution in [0, 0.1) is 0 Å². The van der Waals surface area contributed by atoms with Crippen molar-refractivity contribution < 1.29 is 1.37 Å². The highest BCUT2D eigenvalue weighted by atomic mass is 15.1. The molecule has 0 radical (unpaired) electrons. The lowest BCUT2D eigenvalue weighted by Crippen LogP contribution is -2.27. The Balaban J connectivity index is 1.16. The van der Waals surface area contributed by atoms with Gasteiger partial charge in [-0.3, -0.25) is 0 Å². The topological polar surface area (TPSA) is 3.24 Å². The number of nitrogens with zero attached hydrogens (tertiary/aromatic N) is 1. The number of fused-ring (bicyclic) bond motifs is 13. The average Bonchev–Trinajstić information content (AvgIpc) is 4.04. The van der Waals surface area contributed by atoms with Crippen LogP contribution < -0.4 is 4.90 Å². The minimum Gasteiger partial charge on any atom is -0.310 e.